The zero-order valence-corrected chi connectivity index (χ0v) is 12.6. The number of carbonyl (C=O) groups is 1. The van der Waals surface area contributed by atoms with Gasteiger partial charge in [-0.3, -0.25) is 4.79 Å². The summed E-state index contributed by atoms with van der Waals surface area (Å²) in [6, 6.07) is 1.77. The van der Waals surface area contributed by atoms with Crippen molar-refractivity contribution in [1.29, 1.82) is 0 Å². The summed E-state index contributed by atoms with van der Waals surface area (Å²) in [5.41, 5.74) is 0.338. The lowest BCUT2D eigenvalue weighted by atomic mass is 10.2. The number of halogens is 1. The second-order valence-corrected chi connectivity index (χ2v) is 5.04. The molecular weight excluding hydrogens is 300 g/mol. The lowest BCUT2D eigenvalue weighted by Gasteiger charge is -2.25. The van der Waals surface area contributed by atoms with Crippen LogP contribution in [0.3, 0.4) is 0 Å². The summed E-state index contributed by atoms with van der Waals surface area (Å²) >= 11 is 3.37. The van der Waals surface area contributed by atoms with Gasteiger partial charge in [-0.15, -0.1) is 0 Å². The molecule has 1 aromatic heterocycles. The lowest BCUT2D eigenvalue weighted by Crippen LogP contribution is -2.38. The van der Waals surface area contributed by atoms with Crippen molar-refractivity contribution >= 4 is 21.8 Å². The molecule has 1 rings (SSSR count). The smallest absolute Gasteiger partial charge is 0.276 e. The van der Waals surface area contributed by atoms with Crippen LogP contribution in [0.1, 0.15) is 36.5 Å². The molecule has 0 saturated carbocycles. The van der Waals surface area contributed by atoms with Crippen molar-refractivity contribution in [3.05, 3.63) is 17.5 Å². The maximum atomic E-state index is 12.3. The third-order valence-electron chi connectivity index (χ3n) is 2.48. The molecule has 0 spiro atoms. The standard InChI is InChI=1S/C12H19BrN2O3/c1-9(2)15(6-4-5-13)12(16)11-7-10(8-17-3)18-14-11/h7,9H,4-6,8H2,1-3H3. The Morgan fingerprint density at radius 1 is 1.61 bits per heavy atom. The fraction of sp³-hybridized carbons (Fsp3) is 0.667. The molecule has 1 aromatic rings. The molecule has 0 aliphatic carbocycles. The Balaban J connectivity index is 2.74. The molecule has 102 valence electrons. The van der Waals surface area contributed by atoms with E-state index >= 15 is 0 Å². The van der Waals surface area contributed by atoms with E-state index in [2.05, 4.69) is 21.1 Å². The van der Waals surface area contributed by atoms with E-state index in [1.165, 1.54) is 0 Å². The fourth-order valence-electron chi connectivity index (χ4n) is 1.60. The van der Waals surface area contributed by atoms with Gasteiger partial charge in [0.25, 0.3) is 5.91 Å². The molecule has 1 amide bonds. The highest BCUT2D eigenvalue weighted by Gasteiger charge is 2.21. The summed E-state index contributed by atoms with van der Waals surface area (Å²) < 4.78 is 9.96. The van der Waals surface area contributed by atoms with Gasteiger partial charge in [0.05, 0.1) is 0 Å². The number of alkyl halides is 1. The number of hydrogen-bond acceptors (Lipinski definition) is 4. The Labute approximate surface area is 116 Å². The monoisotopic (exact) mass is 318 g/mol. The molecule has 0 aliphatic rings. The first-order chi connectivity index (χ1) is 8.60. The SMILES string of the molecule is COCc1cc(C(=O)N(CCCBr)C(C)C)no1. The minimum absolute atomic E-state index is 0.1000. The average Bonchev–Trinajstić information content (AvgIpc) is 2.78. The molecule has 0 saturated heterocycles. The Morgan fingerprint density at radius 2 is 2.33 bits per heavy atom. The summed E-state index contributed by atoms with van der Waals surface area (Å²) in [6.07, 6.45) is 0.909. The van der Waals surface area contributed by atoms with Crippen molar-refractivity contribution in [3.63, 3.8) is 0 Å². The van der Waals surface area contributed by atoms with Crippen molar-refractivity contribution in [2.24, 2.45) is 0 Å². The van der Waals surface area contributed by atoms with Gasteiger partial charge in [-0.25, -0.2) is 0 Å². The summed E-state index contributed by atoms with van der Waals surface area (Å²) in [4.78, 5) is 14.0. The fourth-order valence-corrected chi connectivity index (χ4v) is 1.85. The average molecular weight is 319 g/mol. The van der Waals surface area contributed by atoms with Gasteiger partial charge in [-0.1, -0.05) is 21.1 Å². The summed E-state index contributed by atoms with van der Waals surface area (Å²) in [5, 5.41) is 4.66. The number of aromatic nitrogens is 1. The predicted octanol–water partition coefficient (Wildman–Crippen LogP) is 2.46. The molecule has 1 heterocycles. The number of carbonyl (C=O) groups excluding carboxylic acids is 1. The zero-order chi connectivity index (χ0) is 13.5. The van der Waals surface area contributed by atoms with Crippen molar-refractivity contribution in [1.82, 2.24) is 10.1 Å². The third kappa shape index (κ3) is 4.10. The van der Waals surface area contributed by atoms with E-state index in [0.29, 0.717) is 24.6 Å². The second kappa shape index (κ2) is 7.53. The number of methoxy groups -OCH3 is 1. The first-order valence-electron chi connectivity index (χ1n) is 5.91. The largest absolute Gasteiger partial charge is 0.377 e. The van der Waals surface area contributed by atoms with Crippen LogP contribution in [-0.4, -0.2) is 41.0 Å². The molecular formula is C12H19BrN2O3. The maximum absolute atomic E-state index is 12.3. The lowest BCUT2D eigenvalue weighted by molar-refractivity contribution is 0.0695. The van der Waals surface area contributed by atoms with E-state index in [-0.39, 0.29) is 11.9 Å². The van der Waals surface area contributed by atoms with Crippen LogP contribution in [0, 0.1) is 0 Å². The third-order valence-corrected chi connectivity index (χ3v) is 3.04. The summed E-state index contributed by atoms with van der Waals surface area (Å²) in [6.45, 7) is 5.00. The topological polar surface area (TPSA) is 55.6 Å². The first-order valence-corrected chi connectivity index (χ1v) is 7.03. The minimum Gasteiger partial charge on any atom is -0.377 e. The van der Waals surface area contributed by atoms with Crippen LogP contribution in [-0.2, 0) is 11.3 Å². The molecule has 6 heteroatoms. The maximum Gasteiger partial charge on any atom is 0.276 e. The number of amides is 1. The Hall–Kier alpha value is -0.880. The van der Waals surface area contributed by atoms with Gasteiger partial charge < -0.3 is 14.2 Å². The summed E-state index contributed by atoms with van der Waals surface area (Å²) in [7, 11) is 1.57. The van der Waals surface area contributed by atoms with Crippen LogP contribution >= 0.6 is 15.9 Å². The normalized spacial score (nSPS) is 10.9. The number of rotatable bonds is 7. The van der Waals surface area contributed by atoms with E-state index in [9.17, 15) is 4.79 Å². The highest BCUT2D eigenvalue weighted by Crippen LogP contribution is 2.11. The molecule has 0 fully saturated rings. The quantitative estimate of drug-likeness (QED) is 0.725. The van der Waals surface area contributed by atoms with Gasteiger partial charge in [-0.2, -0.15) is 0 Å². The van der Waals surface area contributed by atoms with E-state index in [4.69, 9.17) is 9.26 Å². The van der Waals surface area contributed by atoms with Crippen LogP contribution < -0.4 is 0 Å². The highest BCUT2D eigenvalue weighted by molar-refractivity contribution is 9.09. The van der Waals surface area contributed by atoms with Gasteiger partial charge in [0.2, 0.25) is 0 Å². The molecule has 0 aromatic carbocycles. The van der Waals surface area contributed by atoms with Gasteiger partial charge in [0, 0.05) is 31.1 Å². The van der Waals surface area contributed by atoms with Gasteiger partial charge in [0.1, 0.15) is 6.61 Å². The molecule has 0 atom stereocenters. The van der Waals surface area contributed by atoms with Gasteiger partial charge in [0.15, 0.2) is 11.5 Å². The molecule has 0 N–H and O–H groups in total. The first kappa shape index (κ1) is 15.2. The molecule has 0 bridgehead atoms. The zero-order valence-electron chi connectivity index (χ0n) is 11.0. The molecule has 0 aliphatic heterocycles. The van der Waals surface area contributed by atoms with Crippen molar-refractivity contribution in [2.45, 2.75) is 32.9 Å². The number of hydrogen-bond donors (Lipinski definition) is 0. The van der Waals surface area contributed by atoms with Crippen LogP contribution in [0.5, 0.6) is 0 Å². The van der Waals surface area contributed by atoms with E-state index < -0.39 is 0 Å². The van der Waals surface area contributed by atoms with E-state index in [1.807, 2.05) is 13.8 Å². The molecule has 0 unspecified atom stereocenters. The number of ether oxygens (including phenoxy) is 1. The van der Waals surface area contributed by atoms with Crippen LogP contribution in [0.2, 0.25) is 0 Å². The second-order valence-electron chi connectivity index (χ2n) is 4.25. The van der Waals surface area contributed by atoms with E-state index in [0.717, 1.165) is 11.8 Å². The van der Waals surface area contributed by atoms with Gasteiger partial charge in [-0.05, 0) is 20.3 Å². The van der Waals surface area contributed by atoms with Crippen LogP contribution in [0.25, 0.3) is 0 Å². The molecule has 18 heavy (non-hydrogen) atoms. The van der Waals surface area contributed by atoms with Gasteiger partial charge >= 0.3 is 0 Å². The van der Waals surface area contributed by atoms with Crippen molar-refractivity contribution in [2.75, 3.05) is 19.0 Å². The number of nitrogens with zero attached hydrogens (tertiary/aromatic N) is 2. The highest BCUT2D eigenvalue weighted by atomic mass is 79.9. The van der Waals surface area contributed by atoms with Crippen molar-refractivity contribution < 1.29 is 14.1 Å². The van der Waals surface area contributed by atoms with Crippen molar-refractivity contribution in [3.8, 4) is 0 Å². The Bertz CT molecular complexity index is 379. The molecule has 5 nitrogen and oxygen atoms in total. The predicted molar refractivity (Wildman–Crippen MR) is 71.8 cm³/mol. The minimum atomic E-state index is -0.1000. The molecule has 0 radical (unpaired) electrons. The Morgan fingerprint density at radius 3 is 2.89 bits per heavy atom. The Kier molecular flexibility index (Phi) is 6.35. The summed E-state index contributed by atoms with van der Waals surface area (Å²) in [5.74, 6) is 0.460. The van der Waals surface area contributed by atoms with Crippen LogP contribution in [0.15, 0.2) is 10.6 Å². The van der Waals surface area contributed by atoms with E-state index in [1.54, 1.807) is 18.1 Å². The van der Waals surface area contributed by atoms with Crippen LogP contribution in [0.4, 0.5) is 0 Å².